The molecule has 0 aliphatic rings. The van der Waals surface area contributed by atoms with Crippen molar-refractivity contribution in [2.45, 2.75) is 20.4 Å². The van der Waals surface area contributed by atoms with Crippen molar-refractivity contribution in [3.8, 4) is 11.3 Å². The molecule has 5 rings (SSSR count). The van der Waals surface area contributed by atoms with Gasteiger partial charge in [0.1, 0.15) is 5.82 Å². The van der Waals surface area contributed by atoms with Crippen LogP contribution in [0.15, 0.2) is 63.9 Å². The number of anilines is 1. The molecule has 9 nitrogen and oxygen atoms in total. The number of aromatic nitrogens is 4. The van der Waals surface area contributed by atoms with E-state index in [0.717, 1.165) is 0 Å². The first kappa shape index (κ1) is 21.3. The number of pyridine rings is 1. The van der Waals surface area contributed by atoms with Crippen molar-refractivity contribution in [3.05, 3.63) is 82.0 Å². The third-order valence-electron chi connectivity index (χ3n) is 5.47. The number of halogens is 1. The lowest BCUT2D eigenvalue weighted by molar-refractivity contribution is 0.0963. The minimum atomic E-state index is -0.507. The maximum Gasteiger partial charge on any atom is 0.270 e. The number of nitrogens with zero attached hydrogens (tertiary/aromatic N) is 4. The fraction of sp³-hybridized carbons (Fsp3) is 0.125. The molecule has 0 saturated carbocycles. The predicted molar refractivity (Wildman–Crippen MR) is 125 cm³/mol. The van der Waals surface area contributed by atoms with Crippen LogP contribution < -0.4 is 16.4 Å². The lowest BCUT2D eigenvalue weighted by Gasteiger charge is -2.14. The minimum absolute atomic E-state index is 0.179. The van der Waals surface area contributed by atoms with Crippen molar-refractivity contribution in [2.75, 3.05) is 5.43 Å². The summed E-state index contributed by atoms with van der Waals surface area (Å²) in [6.45, 7) is 3.87. The minimum Gasteiger partial charge on any atom is -0.335 e. The summed E-state index contributed by atoms with van der Waals surface area (Å²) < 4.78 is 20.1. The SMILES string of the molecule is CCn1c(NNC(=O)c2cc(-c3ccc(F)cc3)nc3onc(C)c23)nc2ccccc2c1=O. The van der Waals surface area contributed by atoms with Gasteiger partial charge in [-0.2, -0.15) is 0 Å². The molecule has 0 saturated heterocycles. The van der Waals surface area contributed by atoms with Crippen LogP contribution in [0.3, 0.4) is 0 Å². The first-order chi connectivity index (χ1) is 16.5. The van der Waals surface area contributed by atoms with Gasteiger partial charge in [-0.3, -0.25) is 25.0 Å². The highest BCUT2D eigenvalue weighted by molar-refractivity contribution is 6.07. The second-order valence-corrected chi connectivity index (χ2v) is 7.59. The lowest BCUT2D eigenvalue weighted by atomic mass is 10.1. The molecule has 3 heterocycles. The Kier molecular flexibility index (Phi) is 5.25. The molecule has 34 heavy (non-hydrogen) atoms. The van der Waals surface area contributed by atoms with Crippen molar-refractivity contribution < 1.29 is 13.7 Å². The number of carbonyl (C=O) groups excluding carboxylic acids is 1. The summed E-state index contributed by atoms with van der Waals surface area (Å²) in [7, 11) is 0. The summed E-state index contributed by atoms with van der Waals surface area (Å²) in [5.41, 5.74) is 7.62. The lowest BCUT2D eigenvalue weighted by Crippen LogP contribution is -2.34. The highest BCUT2D eigenvalue weighted by Crippen LogP contribution is 2.27. The monoisotopic (exact) mass is 458 g/mol. The molecule has 0 spiro atoms. The Morgan fingerprint density at radius 1 is 1.12 bits per heavy atom. The van der Waals surface area contributed by atoms with Crippen LogP contribution in [0.5, 0.6) is 0 Å². The summed E-state index contributed by atoms with van der Waals surface area (Å²) in [4.78, 5) is 34.9. The van der Waals surface area contributed by atoms with Gasteiger partial charge in [-0.15, -0.1) is 0 Å². The molecule has 170 valence electrons. The Morgan fingerprint density at radius 3 is 2.65 bits per heavy atom. The Morgan fingerprint density at radius 2 is 1.88 bits per heavy atom. The highest BCUT2D eigenvalue weighted by Gasteiger charge is 2.20. The standard InChI is InChI=1S/C24H19FN6O3/c1-3-31-23(33)16-6-4-5-7-18(16)27-24(31)29-28-21(32)17-12-19(14-8-10-15(25)11-9-14)26-22-20(17)13(2)30-34-22/h4-12H,3H2,1-2H3,(H,27,29)(H,28,32). The third-order valence-corrected chi connectivity index (χ3v) is 5.47. The number of fused-ring (bicyclic) bond motifs is 2. The Bertz CT molecular complexity index is 1610. The van der Waals surface area contributed by atoms with Crippen LogP contribution in [0.2, 0.25) is 0 Å². The molecule has 2 aromatic carbocycles. The van der Waals surface area contributed by atoms with E-state index in [9.17, 15) is 14.0 Å². The summed E-state index contributed by atoms with van der Waals surface area (Å²) in [6.07, 6.45) is 0. The van der Waals surface area contributed by atoms with E-state index in [-0.39, 0.29) is 28.6 Å². The molecule has 0 aliphatic heterocycles. The molecule has 1 amide bonds. The van der Waals surface area contributed by atoms with Crippen LogP contribution in [0.1, 0.15) is 23.0 Å². The molecule has 0 atom stereocenters. The summed E-state index contributed by atoms with van der Waals surface area (Å²) >= 11 is 0. The number of amides is 1. The van der Waals surface area contributed by atoms with Crippen LogP contribution >= 0.6 is 0 Å². The largest absolute Gasteiger partial charge is 0.335 e. The van der Waals surface area contributed by atoms with Gasteiger partial charge in [0, 0.05) is 12.1 Å². The molecule has 0 fully saturated rings. The Labute approximate surface area is 192 Å². The van der Waals surface area contributed by atoms with Gasteiger partial charge in [0.2, 0.25) is 5.95 Å². The summed E-state index contributed by atoms with van der Waals surface area (Å²) in [5, 5.41) is 4.86. The molecule has 10 heteroatoms. The number of carbonyl (C=O) groups is 1. The van der Waals surface area contributed by atoms with Crippen molar-refractivity contribution in [2.24, 2.45) is 0 Å². The van der Waals surface area contributed by atoms with Crippen LogP contribution in [0.25, 0.3) is 33.3 Å². The molecule has 5 aromatic rings. The van der Waals surface area contributed by atoms with Crippen LogP contribution in [0, 0.1) is 12.7 Å². The van der Waals surface area contributed by atoms with E-state index >= 15 is 0 Å². The van der Waals surface area contributed by atoms with E-state index in [0.29, 0.717) is 39.8 Å². The molecule has 0 unspecified atom stereocenters. The first-order valence-corrected chi connectivity index (χ1v) is 10.5. The van der Waals surface area contributed by atoms with E-state index in [1.165, 1.54) is 16.7 Å². The van der Waals surface area contributed by atoms with Crippen molar-refractivity contribution in [1.82, 2.24) is 25.1 Å². The first-order valence-electron chi connectivity index (χ1n) is 10.5. The van der Waals surface area contributed by atoms with E-state index in [2.05, 4.69) is 26.0 Å². The van der Waals surface area contributed by atoms with Gasteiger partial charge in [0.15, 0.2) is 0 Å². The number of nitrogens with one attached hydrogen (secondary N) is 2. The predicted octanol–water partition coefficient (Wildman–Crippen LogP) is 3.82. The third kappa shape index (κ3) is 3.64. The van der Waals surface area contributed by atoms with Gasteiger partial charge < -0.3 is 4.52 Å². The zero-order valence-electron chi connectivity index (χ0n) is 18.3. The maximum atomic E-state index is 13.4. The molecule has 0 aliphatic carbocycles. The number of benzene rings is 2. The Balaban J connectivity index is 1.52. The number of para-hydroxylation sites is 1. The molecule has 3 aromatic heterocycles. The highest BCUT2D eigenvalue weighted by atomic mass is 19.1. The van der Waals surface area contributed by atoms with Crippen molar-refractivity contribution >= 4 is 33.9 Å². The fourth-order valence-electron chi connectivity index (χ4n) is 3.78. The second kappa shape index (κ2) is 8.39. The number of hydrazine groups is 1. The van der Waals surface area contributed by atoms with Gasteiger partial charge in [0.05, 0.1) is 33.2 Å². The normalized spacial score (nSPS) is 11.1. The molecule has 0 bridgehead atoms. The van der Waals surface area contributed by atoms with Crippen LogP contribution in [-0.2, 0) is 6.54 Å². The van der Waals surface area contributed by atoms with Crippen LogP contribution in [-0.4, -0.2) is 25.6 Å². The smallest absolute Gasteiger partial charge is 0.270 e. The second-order valence-electron chi connectivity index (χ2n) is 7.59. The van der Waals surface area contributed by atoms with Crippen molar-refractivity contribution in [1.29, 1.82) is 0 Å². The van der Waals surface area contributed by atoms with Crippen LogP contribution in [0.4, 0.5) is 10.3 Å². The van der Waals surface area contributed by atoms with Gasteiger partial charge in [0.25, 0.3) is 17.2 Å². The van der Waals surface area contributed by atoms with Gasteiger partial charge in [-0.25, -0.2) is 14.4 Å². The van der Waals surface area contributed by atoms with E-state index in [1.54, 1.807) is 49.4 Å². The summed E-state index contributed by atoms with van der Waals surface area (Å²) in [6, 6.07) is 14.3. The number of hydrogen-bond acceptors (Lipinski definition) is 7. The average molecular weight is 458 g/mol. The maximum absolute atomic E-state index is 13.4. The Hall–Kier alpha value is -4.60. The number of aryl methyl sites for hydroxylation is 1. The number of rotatable bonds is 5. The topological polar surface area (TPSA) is 115 Å². The van der Waals surface area contributed by atoms with E-state index in [4.69, 9.17) is 4.52 Å². The summed E-state index contributed by atoms with van der Waals surface area (Å²) in [5.74, 6) is -0.690. The average Bonchev–Trinajstić information content (AvgIpc) is 3.23. The quantitative estimate of drug-likeness (QED) is 0.385. The van der Waals surface area contributed by atoms with E-state index in [1.807, 2.05) is 6.92 Å². The molecule has 0 radical (unpaired) electrons. The molecular weight excluding hydrogens is 439 g/mol. The van der Waals surface area contributed by atoms with Gasteiger partial charge in [-0.1, -0.05) is 17.3 Å². The molecule has 2 N–H and O–H groups in total. The fourth-order valence-corrected chi connectivity index (χ4v) is 3.78. The van der Waals surface area contributed by atoms with Gasteiger partial charge >= 0.3 is 0 Å². The van der Waals surface area contributed by atoms with E-state index < -0.39 is 5.91 Å². The van der Waals surface area contributed by atoms with Gasteiger partial charge in [-0.05, 0) is 56.3 Å². The van der Waals surface area contributed by atoms with Crippen molar-refractivity contribution in [3.63, 3.8) is 0 Å². The number of hydrogen-bond donors (Lipinski definition) is 2. The molecular formula is C24H19FN6O3. The zero-order chi connectivity index (χ0) is 23.8. The zero-order valence-corrected chi connectivity index (χ0v) is 18.3.